The largest absolute Gasteiger partial charge is 0.336 e. The van der Waals surface area contributed by atoms with Crippen LogP contribution >= 0.6 is 11.6 Å². The summed E-state index contributed by atoms with van der Waals surface area (Å²) in [4.78, 5) is 11.8. The van der Waals surface area contributed by atoms with Crippen LogP contribution in [0, 0.1) is 20.8 Å². The van der Waals surface area contributed by atoms with Crippen LogP contribution in [0.1, 0.15) is 17.0 Å². The second-order valence-corrected chi connectivity index (χ2v) is 5.34. The summed E-state index contributed by atoms with van der Waals surface area (Å²) in [6, 6.07) is 6.74. The number of rotatable bonds is 4. The summed E-state index contributed by atoms with van der Waals surface area (Å²) in [5, 5.41) is 10.6. The summed E-state index contributed by atoms with van der Waals surface area (Å²) < 4.78 is 1.91. The van der Waals surface area contributed by atoms with Gasteiger partial charge in [-0.1, -0.05) is 11.6 Å². The Balaban J connectivity index is 1.81. The molecule has 0 spiro atoms. The van der Waals surface area contributed by atoms with Crippen LogP contribution in [0.4, 0.5) is 10.5 Å². The third-order valence-corrected chi connectivity index (χ3v) is 3.71. The summed E-state index contributed by atoms with van der Waals surface area (Å²) in [7, 11) is 0. The first-order chi connectivity index (χ1) is 9.97. The van der Waals surface area contributed by atoms with E-state index in [1.807, 2.05) is 18.5 Å². The number of nitrogens with zero attached hydrogens (tertiary/aromatic N) is 2. The molecule has 0 aliphatic rings. The van der Waals surface area contributed by atoms with Gasteiger partial charge >= 0.3 is 6.03 Å². The molecule has 0 saturated carbocycles. The lowest BCUT2D eigenvalue weighted by Crippen LogP contribution is -2.31. The number of halogens is 1. The maximum atomic E-state index is 11.8. The fraction of sp³-hybridized carbons (Fsp3) is 0.333. The molecule has 6 heteroatoms. The zero-order valence-corrected chi connectivity index (χ0v) is 13.2. The molecule has 2 N–H and O–H groups in total. The molecule has 1 aromatic heterocycles. The van der Waals surface area contributed by atoms with Gasteiger partial charge in [-0.3, -0.25) is 4.68 Å². The van der Waals surface area contributed by atoms with Crippen molar-refractivity contribution in [2.24, 2.45) is 0 Å². The predicted octanol–water partition coefficient (Wildman–Crippen LogP) is 3.28. The van der Waals surface area contributed by atoms with Gasteiger partial charge < -0.3 is 10.6 Å². The topological polar surface area (TPSA) is 59.0 Å². The van der Waals surface area contributed by atoms with E-state index in [1.165, 1.54) is 5.56 Å². The molecular weight excluding hydrogens is 288 g/mol. The summed E-state index contributed by atoms with van der Waals surface area (Å²) in [6.07, 6.45) is 0. The van der Waals surface area contributed by atoms with Gasteiger partial charge in [-0.2, -0.15) is 5.10 Å². The van der Waals surface area contributed by atoms with E-state index >= 15 is 0 Å². The highest BCUT2D eigenvalue weighted by Gasteiger charge is 2.07. The van der Waals surface area contributed by atoms with Crippen LogP contribution in [0.2, 0.25) is 5.02 Å². The SMILES string of the molecule is Cc1nn(CCNC(=O)Nc2ccc(Cl)cc2)c(C)c1C. The molecule has 5 nitrogen and oxygen atoms in total. The van der Waals surface area contributed by atoms with Crippen molar-refractivity contribution in [3.63, 3.8) is 0 Å². The molecular formula is C15H19ClN4O. The van der Waals surface area contributed by atoms with Crippen molar-refractivity contribution in [2.75, 3.05) is 11.9 Å². The number of amides is 2. The highest BCUT2D eigenvalue weighted by Crippen LogP contribution is 2.13. The number of aromatic nitrogens is 2. The molecule has 0 bridgehead atoms. The molecule has 0 saturated heterocycles. The van der Waals surface area contributed by atoms with Gasteiger partial charge in [0, 0.05) is 22.9 Å². The van der Waals surface area contributed by atoms with Crippen LogP contribution in [0.15, 0.2) is 24.3 Å². The second-order valence-electron chi connectivity index (χ2n) is 4.91. The van der Waals surface area contributed by atoms with E-state index in [0.29, 0.717) is 23.8 Å². The Morgan fingerprint density at radius 3 is 2.48 bits per heavy atom. The lowest BCUT2D eigenvalue weighted by atomic mass is 10.2. The molecule has 0 unspecified atom stereocenters. The van der Waals surface area contributed by atoms with E-state index in [-0.39, 0.29) is 6.03 Å². The molecule has 2 rings (SSSR count). The number of aryl methyl sites for hydroxylation is 1. The number of carbonyl (C=O) groups excluding carboxylic acids is 1. The monoisotopic (exact) mass is 306 g/mol. The maximum absolute atomic E-state index is 11.8. The fourth-order valence-electron chi connectivity index (χ4n) is 1.99. The van der Waals surface area contributed by atoms with E-state index < -0.39 is 0 Å². The number of benzene rings is 1. The Hall–Kier alpha value is -2.01. The minimum atomic E-state index is -0.240. The average molecular weight is 307 g/mol. The summed E-state index contributed by atoms with van der Waals surface area (Å²) in [5.41, 5.74) is 4.06. The Morgan fingerprint density at radius 1 is 1.24 bits per heavy atom. The van der Waals surface area contributed by atoms with E-state index in [1.54, 1.807) is 24.3 Å². The standard InChI is InChI=1S/C15H19ClN4O/c1-10-11(2)19-20(12(10)3)9-8-17-15(21)18-14-6-4-13(16)5-7-14/h4-7H,8-9H2,1-3H3,(H2,17,18,21). The zero-order valence-electron chi connectivity index (χ0n) is 12.4. The smallest absolute Gasteiger partial charge is 0.319 e. The Labute approximate surface area is 129 Å². The highest BCUT2D eigenvalue weighted by molar-refractivity contribution is 6.30. The molecule has 0 fully saturated rings. The Bertz CT molecular complexity index is 634. The number of hydrogen-bond acceptors (Lipinski definition) is 2. The van der Waals surface area contributed by atoms with Gasteiger partial charge in [0.2, 0.25) is 0 Å². The minimum absolute atomic E-state index is 0.240. The molecule has 0 atom stereocenters. The lowest BCUT2D eigenvalue weighted by Gasteiger charge is -2.09. The Morgan fingerprint density at radius 2 is 1.90 bits per heavy atom. The quantitative estimate of drug-likeness (QED) is 0.910. The number of urea groups is 1. The van der Waals surface area contributed by atoms with Crippen molar-refractivity contribution in [1.82, 2.24) is 15.1 Å². The van der Waals surface area contributed by atoms with E-state index in [4.69, 9.17) is 11.6 Å². The molecule has 21 heavy (non-hydrogen) atoms. The first kappa shape index (κ1) is 15.4. The fourth-order valence-corrected chi connectivity index (χ4v) is 2.11. The molecule has 1 heterocycles. The van der Waals surface area contributed by atoms with E-state index in [9.17, 15) is 4.79 Å². The first-order valence-corrected chi connectivity index (χ1v) is 7.16. The van der Waals surface area contributed by atoms with Crippen molar-refractivity contribution in [1.29, 1.82) is 0 Å². The summed E-state index contributed by atoms with van der Waals surface area (Å²) in [5.74, 6) is 0. The zero-order chi connectivity index (χ0) is 15.4. The third-order valence-electron chi connectivity index (χ3n) is 3.45. The second kappa shape index (κ2) is 6.63. The van der Waals surface area contributed by atoms with Crippen LogP contribution in [-0.2, 0) is 6.54 Å². The predicted molar refractivity (Wildman–Crippen MR) is 84.9 cm³/mol. The van der Waals surface area contributed by atoms with Crippen LogP contribution in [0.5, 0.6) is 0 Å². The van der Waals surface area contributed by atoms with Gasteiger partial charge in [0.05, 0.1) is 12.2 Å². The van der Waals surface area contributed by atoms with Crippen molar-refractivity contribution >= 4 is 23.3 Å². The molecule has 0 aliphatic heterocycles. The number of anilines is 1. The van der Waals surface area contributed by atoms with Crippen LogP contribution in [-0.4, -0.2) is 22.4 Å². The third kappa shape index (κ3) is 3.98. The van der Waals surface area contributed by atoms with Gasteiger partial charge in [-0.15, -0.1) is 0 Å². The molecule has 1 aromatic carbocycles. The average Bonchev–Trinajstić information content (AvgIpc) is 2.69. The number of hydrogen-bond donors (Lipinski definition) is 2. The first-order valence-electron chi connectivity index (χ1n) is 6.78. The maximum Gasteiger partial charge on any atom is 0.319 e. The van der Waals surface area contributed by atoms with Crippen molar-refractivity contribution < 1.29 is 4.79 Å². The molecule has 2 aromatic rings. The van der Waals surface area contributed by atoms with Crippen molar-refractivity contribution in [2.45, 2.75) is 27.3 Å². The number of carbonyl (C=O) groups is 1. The van der Waals surface area contributed by atoms with Gasteiger partial charge in [0.15, 0.2) is 0 Å². The van der Waals surface area contributed by atoms with Gasteiger partial charge in [-0.05, 0) is 50.6 Å². The van der Waals surface area contributed by atoms with Gasteiger partial charge in [0.1, 0.15) is 0 Å². The lowest BCUT2D eigenvalue weighted by molar-refractivity contribution is 0.251. The summed E-state index contributed by atoms with van der Waals surface area (Å²) in [6.45, 7) is 7.23. The van der Waals surface area contributed by atoms with E-state index in [2.05, 4.69) is 22.7 Å². The van der Waals surface area contributed by atoms with Crippen molar-refractivity contribution in [3.8, 4) is 0 Å². The minimum Gasteiger partial charge on any atom is -0.336 e. The molecule has 112 valence electrons. The molecule has 0 radical (unpaired) electrons. The van der Waals surface area contributed by atoms with Gasteiger partial charge in [-0.25, -0.2) is 4.79 Å². The van der Waals surface area contributed by atoms with Gasteiger partial charge in [0.25, 0.3) is 0 Å². The van der Waals surface area contributed by atoms with Crippen LogP contribution < -0.4 is 10.6 Å². The number of nitrogens with one attached hydrogen (secondary N) is 2. The normalized spacial score (nSPS) is 10.5. The van der Waals surface area contributed by atoms with E-state index in [0.717, 1.165) is 11.4 Å². The summed E-state index contributed by atoms with van der Waals surface area (Å²) >= 11 is 5.79. The van der Waals surface area contributed by atoms with Crippen LogP contribution in [0.25, 0.3) is 0 Å². The molecule has 2 amide bonds. The molecule has 0 aliphatic carbocycles. The Kier molecular flexibility index (Phi) is 4.85. The van der Waals surface area contributed by atoms with Crippen LogP contribution in [0.3, 0.4) is 0 Å². The highest BCUT2D eigenvalue weighted by atomic mass is 35.5. The van der Waals surface area contributed by atoms with Crippen molar-refractivity contribution in [3.05, 3.63) is 46.2 Å².